The third-order valence-corrected chi connectivity index (χ3v) is 2.97. The third kappa shape index (κ3) is 3.92. The first-order chi connectivity index (χ1) is 9.19. The maximum absolute atomic E-state index is 4.50. The minimum absolute atomic E-state index is 0.415. The van der Waals surface area contributed by atoms with Crippen LogP contribution in [0.5, 0.6) is 0 Å². The second-order valence-electron chi connectivity index (χ2n) is 5.10. The van der Waals surface area contributed by atoms with Gasteiger partial charge in [-0.25, -0.2) is 0 Å². The fourth-order valence-electron chi connectivity index (χ4n) is 1.94. The lowest BCUT2D eigenvalue weighted by molar-refractivity contribution is 0.531. The van der Waals surface area contributed by atoms with Gasteiger partial charge in [-0.3, -0.25) is 9.36 Å². The number of aryl methyl sites for hydroxylation is 1. The summed E-state index contributed by atoms with van der Waals surface area (Å²) in [7, 11) is 0. The zero-order chi connectivity index (χ0) is 13.7. The van der Waals surface area contributed by atoms with E-state index in [0.717, 1.165) is 31.7 Å². The van der Waals surface area contributed by atoms with E-state index in [2.05, 4.69) is 48.5 Å². The van der Waals surface area contributed by atoms with Crippen LogP contribution in [0.3, 0.4) is 0 Å². The lowest BCUT2D eigenvalue weighted by Gasteiger charge is -2.03. The van der Waals surface area contributed by atoms with Gasteiger partial charge in [-0.2, -0.15) is 10.2 Å². The normalized spacial score (nSPS) is 11.4. The highest BCUT2D eigenvalue weighted by atomic mass is 15.3. The SMILES string of the molecule is CCCn1ccc(CNCc2cnn(C(C)C)c2)n1. The molecule has 2 aromatic heterocycles. The van der Waals surface area contributed by atoms with Crippen molar-refractivity contribution < 1.29 is 0 Å². The molecule has 0 aliphatic heterocycles. The van der Waals surface area contributed by atoms with E-state index < -0.39 is 0 Å². The van der Waals surface area contributed by atoms with Crippen LogP contribution in [0, 0.1) is 0 Å². The van der Waals surface area contributed by atoms with Crippen molar-refractivity contribution in [3.8, 4) is 0 Å². The van der Waals surface area contributed by atoms with Crippen LogP contribution in [0.15, 0.2) is 24.7 Å². The standard InChI is InChI=1S/C14H23N5/c1-4-6-18-7-5-14(17-18)10-15-8-13-9-16-19(11-13)12(2)3/h5,7,9,11-12,15H,4,6,8,10H2,1-3H3. The van der Waals surface area contributed by atoms with Crippen LogP contribution in [-0.2, 0) is 19.6 Å². The molecule has 0 aromatic carbocycles. The zero-order valence-corrected chi connectivity index (χ0v) is 12.0. The third-order valence-electron chi connectivity index (χ3n) is 2.97. The number of nitrogens with zero attached hydrogens (tertiary/aromatic N) is 4. The van der Waals surface area contributed by atoms with Crippen LogP contribution < -0.4 is 5.32 Å². The molecule has 0 spiro atoms. The Morgan fingerprint density at radius 2 is 2.16 bits per heavy atom. The summed E-state index contributed by atoms with van der Waals surface area (Å²) in [6.07, 6.45) is 7.16. The van der Waals surface area contributed by atoms with E-state index in [1.807, 2.05) is 21.8 Å². The highest BCUT2D eigenvalue weighted by Crippen LogP contribution is 2.05. The predicted octanol–water partition coefficient (Wildman–Crippen LogP) is 2.36. The average molecular weight is 261 g/mol. The summed E-state index contributed by atoms with van der Waals surface area (Å²) in [6.45, 7) is 9.03. The zero-order valence-electron chi connectivity index (χ0n) is 12.0. The first kappa shape index (κ1) is 13.8. The Morgan fingerprint density at radius 1 is 1.32 bits per heavy atom. The maximum Gasteiger partial charge on any atom is 0.0762 e. The molecular weight excluding hydrogens is 238 g/mol. The van der Waals surface area contributed by atoms with Gasteiger partial charge in [-0.1, -0.05) is 6.92 Å². The number of aromatic nitrogens is 4. The van der Waals surface area contributed by atoms with E-state index in [1.54, 1.807) is 0 Å². The number of hydrogen-bond acceptors (Lipinski definition) is 3. The molecule has 0 bridgehead atoms. The van der Waals surface area contributed by atoms with E-state index in [4.69, 9.17) is 0 Å². The van der Waals surface area contributed by atoms with Gasteiger partial charge in [0.05, 0.1) is 11.9 Å². The van der Waals surface area contributed by atoms with Gasteiger partial charge in [0, 0.05) is 43.6 Å². The van der Waals surface area contributed by atoms with Gasteiger partial charge >= 0.3 is 0 Å². The molecule has 0 saturated carbocycles. The molecule has 0 unspecified atom stereocenters. The minimum atomic E-state index is 0.415. The van der Waals surface area contributed by atoms with Gasteiger partial charge in [0.2, 0.25) is 0 Å². The highest BCUT2D eigenvalue weighted by Gasteiger charge is 2.02. The fourth-order valence-corrected chi connectivity index (χ4v) is 1.94. The van der Waals surface area contributed by atoms with Gasteiger partial charge in [-0.05, 0) is 26.3 Å². The molecule has 0 aliphatic carbocycles. The Kier molecular flexibility index (Phi) is 4.74. The molecule has 5 nitrogen and oxygen atoms in total. The van der Waals surface area contributed by atoms with Crippen LogP contribution in [0.1, 0.15) is 44.5 Å². The number of nitrogens with one attached hydrogen (secondary N) is 1. The van der Waals surface area contributed by atoms with Crippen LogP contribution in [-0.4, -0.2) is 19.6 Å². The molecule has 0 radical (unpaired) electrons. The Hall–Kier alpha value is -1.62. The van der Waals surface area contributed by atoms with Gasteiger partial charge in [0.1, 0.15) is 0 Å². The quantitative estimate of drug-likeness (QED) is 0.832. The van der Waals surface area contributed by atoms with Gasteiger partial charge in [-0.15, -0.1) is 0 Å². The second kappa shape index (κ2) is 6.52. The molecule has 0 fully saturated rings. The van der Waals surface area contributed by atoms with Gasteiger partial charge in [0.15, 0.2) is 0 Å². The first-order valence-electron chi connectivity index (χ1n) is 6.95. The van der Waals surface area contributed by atoms with Crippen LogP contribution in [0.4, 0.5) is 0 Å². The number of hydrogen-bond donors (Lipinski definition) is 1. The smallest absolute Gasteiger partial charge is 0.0762 e. The summed E-state index contributed by atoms with van der Waals surface area (Å²) in [5, 5.41) is 12.2. The molecule has 2 rings (SSSR count). The summed E-state index contributed by atoms with van der Waals surface area (Å²) >= 11 is 0. The minimum Gasteiger partial charge on any atom is -0.307 e. The maximum atomic E-state index is 4.50. The van der Waals surface area contributed by atoms with Crippen molar-refractivity contribution >= 4 is 0 Å². The largest absolute Gasteiger partial charge is 0.307 e. The fraction of sp³-hybridized carbons (Fsp3) is 0.571. The van der Waals surface area contributed by atoms with Crippen LogP contribution in [0.25, 0.3) is 0 Å². The first-order valence-corrected chi connectivity index (χ1v) is 6.95. The summed E-state index contributed by atoms with van der Waals surface area (Å²) in [4.78, 5) is 0. The average Bonchev–Trinajstić information content (AvgIpc) is 2.99. The molecule has 104 valence electrons. The van der Waals surface area contributed by atoms with Crippen molar-refractivity contribution in [3.63, 3.8) is 0 Å². The molecule has 0 aliphatic rings. The lowest BCUT2D eigenvalue weighted by atomic mass is 10.3. The van der Waals surface area contributed by atoms with E-state index in [0.29, 0.717) is 6.04 Å². The molecule has 2 aromatic rings. The molecule has 0 saturated heterocycles. The second-order valence-corrected chi connectivity index (χ2v) is 5.10. The molecule has 19 heavy (non-hydrogen) atoms. The highest BCUT2D eigenvalue weighted by molar-refractivity contribution is 5.05. The Labute approximate surface area is 114 Å². The van der Waals surface area contributed by atoms with E-state index in [-0.39, 0.29) is 0 Å². The summed E-state index contributed by atoms with van der Waals surface area (Å²) < 4.78 is 3.97. The Balaban J connectivity index is 1.78. The van der Waals surface area contributed by atoms with E-state index in [9.17, 15) is 0 Å². The molecule has 2 heterocycles. The molecule has 5 heteroatoms. The molecule has 1 N–H and O–H groups in total. The predicted molar refractivity (Wildman–Crippen MR) is 75.7 cm³/mol. The molecule has 0 atom stereocenters. The summed E-state index contributed by atoms with van der Waals surface area (Å²) in [5.41, 5.74) is 2.30. The lowest BCUT2D eigenvalue weighted by Crippen LogP contribution is -2.13. The Bertz CT molecular complexity index is 497. The van der Waals surface area contributed by atoms with Crippen molar-refractivity contribution in [2.75, 3.05) is 0 Å². The van der Waals surface area contributed by atoms with Crippen molar-refractivity contribution in [1.82, 2.24) is 24.9 Å². The monoisotopic (exact) mass is 261 g/mol. The van der Waals surface area contributed by atoms with Crippen LogP contribution >= 0.6 is 0 Å². The van der Waals surface area contributed by atoms with Gasteiger partial charge < -0.3 is 5.32 Å². The molecular formula is C14H23N5. The summed E-state index contributed by atoms with van der Waals surface area (Å²) in [6, 6.07) is 2.48. The van der Waals surface area contributed by atoms with Crippen molar-refractivity contribution in [2.45, 2.75) is 52.9 Å². The van der Waals surface area contributed by atoms with E-state index in [1.165, 1.54) is 5.56 Å². The molecule has 0 amide bonds. The van der Waals surface area contributed by atoms with Crippen LogP contribution in [0.2, 0.25) is 0 Å². The summed E-state index contributed by atoms with van der Waals surface area (Å²) in [5.74, 6) is 0. The van der Waals surface area contributed by atoms with E-state index >= 15 is 0 Å². The van der Waals surface area contributed by atoms with Crippen molar-refractivity contribution in [2.24, 2.45) is 0 Å². The topological polar surface area (TPSA) is 47.7 Å². The van der Waals surface area contributed by atoms with Gasteiger partial charge in [0.25, 0.3) is 0 Å². The van der Waals surface area contributed by atoms with Crippen molar-refractivity contribution in [1.29, 1.82) is 0 Å². The Morgan fingerprint density at radius 3 is 2.84 bits per heavy atom. The number of rotatable bonds is 7. The van der Waals surface area contributed by atoms with Crippen molar-refractivity contribution in [3.05, 3.63) is 35.9 Å².